The van der Waals surface area contributed by atoms with Gasteiger partial charge in [0.05, 0.1) is 10.6 Å². The van der Waals surface area contributed by atoms with Gasteiger partial charge >= 0.3 is 0 Å². The van der Waals surface area contributed by atoms with Crippen LogP contribution in [0.1, 0.15) is 11.1 Å². The van der Waals surface area contributed by atoms with Crippen molar-refractivity contribution in [2.45, 2.75) is 23.6 Å². The zero-order valence-electron chi connectivity index (χ0n) is 17.9. The normalized spacial score (nSPS) is 11.2. The molecule has 0 spiro atoms. The standard InChI is InChI=1S/C24H25ClN2O3S2/c1-18-8-11-21(16-19(18)2)27(32(29,30)23-6-4-3-5-7-23)17-24(28)26-14-15-31-22-12-9-20(25)10-13-22/h3-13,16H,14-15,17H2,1-2H3,(H,26,28). The highest BCUT2D eigenvalue weighted by atomic mass is 35.5. The van der Waals surface area contributed by atoms with E-state index in [1.54, 1.807) is 42.1 Å². The Hall–Kier alpha value is -2.48. The number of rotatable bonds is 9. The lowest BCUT2D eigenvalue weighted by Gasteiger charge is -2.24. The molecule has 32 heavy (non-hydrogen) atoms. The number of carbonyl (C=O) groups excluding carboxylic acids is 1. The van der Waals surface area contributed by atoms with Crippen molar-refractivity contribution in [3.63, 3.8) is 0 Å². The van der Waals surface area contributed by atoms with Gasteiger partial charge in [0.1, 0.15) is 6.54 Å². The van der Waals surface area contributed by atoms with E-state index in [2.05, 4.69) is 5.32 Å². The molecule has 0 heterocycles. The molecule has 1 amide bonds. The molecule has 0 fully saturated rings. The molecule has 168 valence electrons. The van der Waals surface area contributed by atoms with E-state index in [0.717, 1.165) is 20.3 Å². The largest absolute Gasteiger partial charge is 0.354 e. The summed E-state index contributed by atoms with van der Waals surface area (Å²) in [5.74, 6) is 0.294. The molecular weight excluding hydrogens is 464 g/mol. The van der Waals surface area contributed by atoms with Crippen LogP contribution in [0.25, 0.3) is 0 Å². The van der Waals surface area contributed by atoms with Crippen molar-refractivity contribution in [1.29, 1.82) is 0 Å². The fraction of sp³-hybridized carbons (Fsp3) is 0.208. The van der Waals surface area contributed by atoms with Crippen LogP contribution in [0.3, 0.4) is 0 Å². The number of anilines is 1. The number of halogens is 1. The second-order valence-corrected chi connectivity index (χ2v) is 10.7. The number of carbonyl (C=O) groups is 1. The molecule has 0 saturated carbocycles. The van der Waals surface area contributed by atoms with Crippen molar-refractivity contribution < 1.29 is 13.2 Å². The summed E-state index contributed by atoms with van der Waals surface area (Å²) in [4.78, 5) is 13.9. The van der Waals surface area contributed by atoms with E-state index in [9.17, 15) is 13.2 Å². The quantitative estimate of drug-likeness (QED) is 0.337. The van der Waals surface area contributed by atoms with Crippen molar-refractivity contribution in [3.8, 4) is 0 Å². The van der Waals surface area contributed by atoms with E-state index in [4.69, 9.17) is 11.6 Å². The summed E-state index contributed by atoms with van der Waals surface area (Å²) in [6, 6.07) is 21.0. The predicted molar refractivity (Wildman–Crippen MR) is 132 cm³/mol. The molecule has 0 radical (unpaired) electrons. The molecule has 0 saturated heterocycles. The molecule has 5 nitrogen and oxygen atoms in total. The summed E-state index contributed by atoms with van der Waals surface area (Å²) in [5, 5.41) is 3.50. The third kappa shape index (κ3) is 6.28. The zero-order chi connectivity index (χ0) is 23.1. The minimum atomic E-state index is -3.90. The van der Waals surface area contributed by atoms with Crippen LogP contribution in [0.2, 0.25) is 5.02 Å². The van der Waals surface area contributed by atoms with E-state index in [1.165, 1.54) is 12.1 Å². The molecule has 3 aromatic rings. The Kier molecular flexibility index (Phi) is 8.23. The third-order valence-electron chi connectivity index (χ3n) is 4.90. The van der Waals surface area contributed by atoms with Gasteiger partial charge in [-0.25, -0.2) is 8.42 Å². The summed E-state index contributed by atoms with van der Waals surface area (Å²) in [6.45, 7) is 3.99. The number of amides is 1. The second-order valence-electron chi connectivity index (χ2n) is 7.25. The third-order valence-corrected chi connectivity index (χ3v) is 7.96. The van der Waals surface area contributed by atoms with Gasteiger partial charge in [0.15, 0.2) is 0 Å². The molecule has 0 aliphatic rings. The van der Waals surface area contributed by atoms with Crippen LogP contribution in [0.15, 0.2) is 82.6 Å². The summed E-state index contributed by atoms with van der Waals surface area (Å²) in [5.41, 5.74) is 2.47. The van der Waals surface area contributed by atoms with Gasteiger partial charge < -0.3 is 5.32 Å². The van der Waals surface area contributed by atoms with Gasteiger partial charge in [0, 0.05) is 22.2 Å². The number of aryl methyl sites for hydroxylation is 2. The van der Waals surface area contributed by atoms with Crippen LogP contribution in [-0.4, -0.2) is 33.2 Å². The van der Waals surface area contributed by atoms with E-state index >= 15 is 0 Å². The molecule has 1 N–H and O–H groups in total. The smallest absolute Gasteiger partial charge is 0.264 e. The van der Waals surface area contributed by atoms with Crippen molar-refractivity contribution in [1.82, 2.24) is 5.32 Å². The van der Waals surface area contributed by atoms with Crippen LogP contribution in [0.4, 0.5) is 5.69 Å². The summed E-state index contributed by atoms with van der Waals surface area (Å²) in [7, 11) is -3.90. The summed E-state index contributed by atoms with van der Waals surface area (Å²) in [6.07, 6.45) is 0. The molecule has 0 aromatic heterocycles. The monoisotopic (exact) mass is 488 g/mol. The van der Waals surface area contributed by atoms with Gasteiger partial charge in [0.2, 0.25) is 5.91 Å². The predicted octanol–water partition coefficient (Wildman–Crippen LogP) is 5.06. The maximum atomic E-state index is 13.3. The second kappa shape index (κ2) is 10.9. The lowest BCUT2D eigenvalue weighted by Crippen LogP contribution is -2.41. The lowest BCUT2D eigenvalue weighted by molar-refractivity contribution is -0.119. The van der Waals surface area contributed by atoms with Crippen molar-refractivity contribution >= 4 is 45.0 Å². The molecule has 8 heteroatoms. The van der Waals surface area contributed by atoms with Crippen LogP contribution in [0.5, 0.6) is 0 Å². The van der Waals surface area contributed by atoms with Gasteiger partial charge in [-0.15, -0.1) is 11.8 Å². The molecule has 0 bridgehead atoms. The Morgan fingerprint density at radius 2 is 1.66 bits per heavy atom. The molecule has 0 aliphatic heterocycles. The highest BCUT2D eigenvalue weighted by Crippen LogP contribution is 2.25. The molecular formula is C24H25ClN2O3S2. The first-order valence-electron chi connectivity index (χ1n) is 10.1. The number of nitrogens with one attached hydrogen (secondary N) is 1. The zero-order valence-corrected chi connectivity index (χ0v) is 20.3. The van der Waals surface area contributed by atoms with Crippen LogP contribution in [-0.2, 0) is 14.8 Å². The number of hydrogen-bond donors (Lipinski definition) is 1. The lowest BCUT2D eigenvalue weighted by atomic mass is 10.1. The Balaban J connectivity index is 1.71. The molecule has 0 aliphatic carbocycles. The molecule has 0 unspecified atom stereocenters. The van der Waals surface area contributed by atoms with Crippen LogP contribution in [0, 0.1) is 13.8 Å². The first-order chi connectivity index (χ1) is 15.3. The topological polar surface area (TPSA) is 66.5 Å². The van der Waals surface area contributed by atoms with Crippen LogP contribution < -0.4 is 9.62 Å². The van der Waals surface area contributed by atoms with Gasteiger partial charge in [-0.1, -0.05) is 35.9 Å². The number of nitrogens with zero attached hydrogens (tertiary/aromatic N) is 1. The van der Waals surface area contributed by atoms with E-state index in [1.807, 2.05) is 44.2 Å². The van der Waals surface area contributed by atoms with Gasteiger partial charge in [0.25, 0.3) is 10.0 Å². The maximum Gasteiger partial charge on any atom is 0.264 e. The average Bonchev–Trinajstić information content (AvgIpc) is 2.79. The summed E-state index contributed by atoms with van der Waals surface area (Å²) < 4.78 is 27.8. The highest BCUT2D eigenvalue weighted by molar-refractivity contribution is 7.99. The molecule has 0 atom stereocenters. The minimum absolute atomic E-state index is 0.143. The summed E-state index contributed by atoms with van der Waals surface area (Å²) >= 11 is 7.48. The highest BCUT2D eigenvalue weighted by Gasteiger charge is 2.27. The molecule has 3 rings (SSSR count). The van der Waals surface area contributed by atoms with Crippen molar-refractivity contribution in [2.75, 3.05) is 23.1 Å². The van der Waals surface area contributed by atoms with Gasteiger partial charge in [-0.3, -0.25) is 9.10 Å². The number of thioether (sulfide) groups is 1. The van der Waals surface area contributed by atoms with E-state index in [-0.39, 0.29) is 17.3 Å². The first kappa shape index (κ1) is 24.2. The van der Waals surface area contributed by atoms with Gasteiger partial charge in [-0.05, 0) is 73.5 Å². The van der Waals surface area contributed by atoms with Gasteiger partial charge in [-0.2, -0.15) is 0 Å². The Morgan fingerprint density at radius 1 is 0.969 bits per heavy atom. The Morgan fingerprint density at radius 3 is 2.31 bits per heavy atom. The van der Waals surface area contributed by atoms with Crippen LogP contribution >= 0.6 is 23.4 Å². The Bertz CT molecular complexity index is 1170. The van der Waals surface area contributed by atoms with Crippen molar-refractivity contribution in [2.24, 2.45) is 0 Å². The number of hydrogen-bond acceptors (Lipinski definition) is 4. The fourth-order valence-electron chi connectivity index (χ4n) is 2.99. The number of benzene rings is 3. The maximum absolute atomic E-state index is 13.3. The first-order valence-corrected chi connectivity index (χ1v) is 12.9. The van der Waals surface area contributed by atoms with E-state index < -0.39 is 10.0 Å². The minimum Gasteiger partial charge on any atom is -0.354 e. The molecule has 3 aromatic carbocycles. The average molecular weight is 489 g/mol. The SMILES string of the molecule is Cc1ccc(N(CC(=O)NCCSc2ccc(Cl)cc2)S(=O)(=O)c2ccccc2)cc1C. The van der Waals surface area contributed by atoms with Crippen molar-refractivity contribution in [3.05, 3.63) is 88.9 Å². The fourth-order valence-corrected chi connectivity index (χ4v) is 5.32. The van der Waals surface area contributed by atoms with E-state index in [0.29, 0.717) is 23.0 Å². The number of sulfonamides is 1. The Labute approximate surface area is 198 Å².